The van der Waals surface area contributed by atoms with Crippen LogP contribution in [-0.2, 0) is 17.6 Å². The first-order chi connectivity index (χ1) is 7.08. The van der Waals surface area contributed by atoms with Crippen molar-refractivity contribution in [2.24, 2.45) is 0 Å². The van der Waals surface area contributed by atoms with E-state index < -0.39 is 5.97 Å². The normalized spacial score (nSPS) is 9.67. The molecule has 1 N–H and O–H groups in total. The second-order valence-corrected chi connectivity index (χ2v) is 3.68. The molecular formula is C11H11NO2S. The van der Waals surface area contributed by atoms with Gasteiger partial charge >= 0.3 is 5.97 Å². The maximum absolute atomic E-state index is 10.6. The predicted octanol–water partition coefficient (Wildman–Crippen LogP) is 2.04. The molecule has 0 aliphatic carbocycles. The van der Waals surface area contributed by atoms with Crippen molar-refractivity contribution >= 4 is 18.6 Å². The highest BCUT2D eigenvalue weighted by Gasteiger charge is 2.10. The van der Waals surface area contributed by atoms with Crippen LogP contribution in [0.2, 0.25) is 0 Å². The van der Waals surface area contributed by atoms with Crippen LogP contribution in [0.5, 0.6) is 0 Å². The van der Waals surface area contributed by atoms with E-state index in [1.807, 2.05) is 6.92 Å². The molecule has 0 heterocycles. The summed E-state index contributed by atoms with van der Waals surface area (Å²) in [7, 11) is 0. The third kappa shape index (κ3) is 2.74. The lowest BCUT2D eigenvalue weighted by atomic mass is 9.97. The summed E-state index contributed by atoms with van der Waals surface area (Å²) >= 11 is 4.14. The van der Waals surface area contributed by atoms with Crippen molar-refractivity contribution in [1.29, 1.82) is 5.26 Å². The Bertz CT molecular complexity index is 435. The summed E-state index contributed by atoms with van der Waals surface area (Å²) in [4.78, 5) is 11.3. The average Bonchev–Trinajstić information content (AvgIpc) is 2.15. The molecule has 0 aromatic heterocycles. The van der Waals surface area contributed by atoms with Crippen molar-refractivity contribution in [2.75, 3.05) is 0 Å². The third-order valence-electron chi connectivity index (χ3n) is 2.14. The minimum atomic E-state index is -0.896. The summed E-state index contributed by atoms with van der Waals surface area (Å²) in [5.74, 6) is -0.896. The number of hydrogen-bond acceptors (Lipinski definition) is 3. The van der Waals surface area contributed by atoms with Gasteiger partial charge in [0.2, 0.25) is 0 Å². The molecule has 0 unspecified atom stereocenters. The zero-order valence-electron chi connectivity index (χ0n) is 8.32. The Morgan fingerprint density at radius 2 is 2.27 bits per heavy atom. The fourth-order valence-corrected chi connectivity index (χ4v) is 1.84. The number of benzene rings is 1. The Morgan fingerprint density at radius 1 is 1.60 bits per heavy atom. The van der Waals surface area contributed by atoms with Gasteiger partial charge in [0.1, 0.15) is 0 Å². The molecule has 15 heavy (non-hydrogen) atoms. The van der Waals surface area contributed by atoms with Crippen LogP contribution < -0.4 is 0 Å². The highest BCUT2D eigenvalue weighted by Crippen LogP contribution is 2.21. The van der Waals surface area contributed by atoms with Gasteiger partial charge in [-0.05, 0) is 29.7 Å². The van der Waals surface area contributed by atoms with Gasteiger partial charge in [-0.25, -0.2) is 0 Å². The second kappa shape index (κ2) is 4.85. The van der Waals surface area contributed by atoms with Gasteiger partial charge in [-0.15, -0.1) is 12.6 Å². The van der Waals surface area contributed by atoms with E-state index in [0.717, 1.165) is 5.56 Å². The number of carbonyl (C=O) groups is 1. The Kier molecular flexibility index (Phi) is 3.75. The summed E-state index contributed by atoms with van der Waals surface area (Å²) < 4.78 is 0. The number of thiol groups is 1. The topological polar surface area (TPSA) is 61.1 Å². The molecule has 1 rings (SSSR count). The molecular weight excluding hydrogens is 210 g/mol. The molecule has 0 radical (unpaired) electrons. The monoisotopic (exact) mass is 221 g/mol. The summed E-state index contributed by atoms with van der Waals surface area (Å²) in [6.07, 6.45) is 0.589. The lowest BCUT2D eigenvalue weighted by Gasteiger charge is -2.08. The van der Waals surface area contributed by atoms with Gasteiger partial charge in [-0.2, -0.15) is 5.26 Å². The SMILES string of the molecule is CCc1c(C#N)cc(S)cc1CC(=O)O. The van der Waals surface area contributed by atoms with Crippen LogP contribution in [0.4, 0.5) is 0 Å². The molecule has 78 valence electrons. The van der Waals surface area contributed by atoms with Crippen molar-refractivity contribution in [3.63, 3.8) is 0 Å². The molecule has 0 fully saturated rings. The zero-order valence-corrected chi connectivity index (χ0v) is 9.21. The highest BCUT2D eigenvalue weighted by atomic mass is 32.1. The second-order valence-electron chi connectivity index (χ2n) is 3.17. The van der Waals surface area contributed by atoms with E-state index in [4.69, 9.17) is 10.4 Å². The number of rotatable bonds is 3. The number of carboxylic acids is 1. The Hall–Kier alpha value is -1.47. The molecule has 0 atom stereocenters. The van der Waals surface area contributed by atoms with E-state index in [9.17, 15) is 4.79 Å². The Labute approximate surface area is 93.8 Å². The number of hydrogen-bond donors (Lipinski definition) is 2. The van der Waals surface area contributed by atoms with E-state index in [-0.39, 0.29) is 6.42 Å². The van der Waals surface area contributed by atoms with Crippen molar-refractivity contribution in [1.82, 2.24) is 0 Å². The van der Waals surface area contributed by atoms with E-state index >= 15 is 0 Å². The summed E-state index contributed by atoms with van der Waals surface area (Å²) in [5.41, 5.74) is 1.99. The van der Waals surface area contributed by atoms with Crippen molar-refractivity contribution < 1.29 is 9.90 Å². The molecule has 0 aliphatic rings. The predicted molar refractivity (Wildman–Crippen MR) is 59.1 cm³/mol. The molecule has 4 heteroatoms. The molecule has 0 amide bonds. The largest absolute Gasteiger partial charge is 0.481 e. The van der Waals surface area contributed by atoms with Crippen molar-refractivity contribution in [2.45, 2.75) is 24.7 Å². The van der Waals surface area contributed by atoms with E-state index in [0.29, 0.717) is 22.4 Å². The Balaban J connectivity index is 3.30. The molecule has 0 aliphatic heterocycles. The maximum atomic E-state index is 10.6. The standard InChI is InChI=1S/C11H11NO2S/c1-2-10-7(5-11(13)14)3-9(15)4-8(10)6-12/h3-4,15H,2,5H2,1H3,(H,13,14). The lowest BCUT2D eigenvalue weighted by Crippen LogP contribution is -2.05. The lowest BCUT2D eigenvalue weighted by molar-refractivity contribution is -0.136. The molecule has 0 saturated heterocycles. The Morgan fingerprint density at radius 3 is 2.73 bits per heavy atom. The smallest absolute Gasteiger partial charge is 0.307 e. The molecule has 1 aromatic rings. The van der Waals surface area contributed by atoms with E-state index in [1.54, 1.807) is 12.1 Å². The fourth-order valence-electron chi connectivity index (χ4n) is 1.55. The van der Waals surface area contributed by atoms with Crippen LogP contribution in [0.1, 0.15) is 23.6 Å². The highest BCUT2D eigenvalue weighted by molar-refractivity contribution is 7.80. The quantitative estimate of drug-likeness (QED) is 0.768. The number of carboxylic acid groups (broad SMARTS) is 1. The minimum Gasteiger partial charge on any atom is -0.481 e. The van der Waals surface area contributed by atoms with Crippen molar-refractivity contribution in [3.05, 3.63) is 28.8 Å². The van der Waals surface area contributed by atoms with Crippen LogP contribution in [0.3, 0.4) is 0 Å². The van der Waals surface area contributed by atoms with Gasteiger partial charge < -0.3 is 5.11 Å². The number of nitriles is 1. The number of nitrogens with zero attached hydrogens (tertiary/aromatic N) is 1. The molecule has 0 saturated carbocycles. The van der Waals surface area contributed by atoms with Gasteiger partial charge in [0.05, 0.1) is 18.1 Å². The van der Waals surface area contributed by atoms with Gasteiger partial charge in [0.15, 0.2) is 0 Å². The minimum absolute atomic E-state index is 0.0632. The van der Waals surface area contributed by atoms with E-state index in [2.05, 4.69) is 18.7 Å². The van der Waals surface area contributed by atoms with Gasteiger partial charge in [0.25, 0.3) is 0 Å². The van der Waals surface area contributed by atoms with Crippen LogP contribution >= 0.6 is 12.6 Å². The van der Waals surface area contributed by atoms with Gasteiger partial charge in [-0.3, -0.25) is 4.79 Å². The first-order valence-electron chi connectivity index (χ1n) is 4.55. The maximum Gasteiger partial charge on any atom is 0.307 e. The molecule has 0 bridgehead atoms. The average molecular weight is 221 g/mol. The summed E-state index contributed by atoms with van der Waals surface area (Å²) in [6.45, 7) is 1.90. The first-order valence-corrected chi connectivity index (χ1v) is 4.99. The molecule has 1 aromatic carbocycles. The third-order valence-corrected chi connectivity index (χ3v) is 2.40. The zero-order chi connectivity index (χ0) is 11.4. The van der Waals surface area contributed by atoms with Gasteiger partial charge in [-0.1, -0.05) is 6.92 Å². The van der Waals surface area contributed by atoms with Crippen LogP contribution in [0, 0.1) is 11.3 Å². The van der Waals surface area contributed by atoms with Gasteiger partial charge in [0, 0.05) is 4.90 Å². The van der Waals surface area contributed by atoms with Crippen molar-refractivity contribution in [3.8, 4) is 6.07 Å². The number of aliphatic carboxylic acids is 1. The van der Waals surface area contributed by atoms with Crippen LogP contribution in [0.25, 0.3) is 0 Å². The first kappa shape index (κ1) is 11.6. The van der Waals surface area contributed by atoms with E-state index in [1.165, 1.54) is 0 Å². The fraction of sp³-hybridized carbons (Fsp3) is 0.273. The molecule has 0 spiro atoms. The summed E-state index contributed by atoms with van der Waals surface area (Å²) in [5, 5.41) is 17.6. The van der Waals surface area contributed by atoms with Crippen LogP contribution in [0.15, 0.2) is 17.0 Å². The van der Waals surface area contributed by atoms with Crippen LogP contribution in [-0.4, -0.2) is 11.1 Å². The molecule has 3 nitrogen and oxygen atoms in total. The summed E-state index contributed by atoms with van der Waals surface area (Å²) in [6, 6.07) is 5.42.